The standard InChI is InChI=1S/C34H39N5O3/c1-23-10-13-26(14-11-23)39-31(22-30(36-39)34(3,4)5)35-33(42)32(41)29-15-12-25(27-8-6-7-9-28(27)29)16-17-37-18-20-38(21-19-37)24(2)40/h6-15,22H,16-21H2,1-5H3,(H,35,42). The lowest BCUT2D eigenvalue weighted by molar-refractivity contribution is -0.130. The van der Waals surface area contributed by atoms with E-state index in [1.165, 1.54) is 0 Å². The Morgan fingerprint density at radius 1 is 0.881 bits per heavy atom. The highest BCUT2D eigenvalue weighted by atomic mass is 16.2. The third kappa shape index (κ3) is 6.29. The van der Waals surface area contributed by atoms with E-state index in [-0.39, 0.29) is 11.3 Å². The molecule has 0 atom stereocenters. The Morgan fingerprint density at radius 3 is 2.19 bits per heavy atom. The molecule has 0 aliphatic carbocycles. The molecule has 2 amide bonds. The van der Waals surface area contributed by atoms with E-state index in [1.54, 1.807) is 17.7 Å². The highest BCUT2D eigenvalue weighted by Gasteiger charge is 2.25. The number of aromatic nitrogens is 2. The van der Waals surface area contributed by atoms with Crippen LogP contribution in [0.1, 0.15) is 54.9 Å². The first kappa shape index (κ1) is 29.2. The number of ketones is 1. The van der Waals surface area contributed by atoms with Gasteiger partial charge in [-0.15, -0.1) is 0 Å². The average molecular weight is 566 g/mol. The molecular formula is C34H39N5O3. The van der Waals surface area contributed by atoms with E-state index in [0.29, 0.717) is 11.4 Å². The summed E-state index contributed by atoms with van der Waals surface area (Å²) in [4.78, 5) is 42.9. The zero-order chi connectivity index (χ0) is 30.0. The lowest BCUT2D eigenvalue weighted by Crippen LogP contribution is -2.48. The second-order valence-electron chi connectivity index (χ2n) is 12.1. The fourth-order valence-electron chi connectivity index (χ4n) is 5.36. The Hall–Kier alpha value is -4.30. The Bertz CT molecular complexity index is 1620. The Balaban J connectivity index is 1.36. The summed E-state index contributed by atoms with van der Waals surface area (Å²) in [5.41, 5.74) is 3.99. The van der Waals surface area contributed by atoms with Crippen molar-refractivity contribution in [3.05, 3.63) is 89.1 Å². The van der Waals surface area contributed by atoms with Crippen molar-refractivity contribution in [2.45, 2.75) is 46.5 Å². The number of carbonyl (C=O) groups excluding carboxylic acids is 3. The summed E-state index contributed by atoms with van der Waals surface area (Å²) < 4.78 is 1.68. The molecule has 1 fully saturated rings. The number of anilines is 1. The number of nitrogens with one attached hydrogen (secondary N) is 1. The topological polar surface area (TPSA) is 87.5 Å². The fraction of sp³-hybridized carbons (Fsp3) is 0.353. The summed E-state index contributed by atoms with van der Waals surface area (Å²) >= 11 is 0. The number of fused-ring (bicyclic) bond motifs is 1. The second kappa shape index (κ2) is 11.9. The van der Waals surface area contributed by atoms with Crippen LogP contribution in [0.5, 0.6) is 0 Å². The first-order valence-corrected chi connectivity index (χ1v) is 14.5. The molecule has 1 aliphatic heterocycles. The number of nitrogens with zero attached hydrogens (tertiary/aromatic N) is 4. The van der Waals surface area contributed by atoms with Crippen molar-refractivity contribution in [3.8, 4) is 5.69 Å². The minimum Gasteiger partial charge on any atom is -0.340 e. The van der Waals surface area contributed by atoms with E-state index in [1.807, 2.05) is 72.5 Å². The number of hydrogen-bond acceptors (Lipinski definition) is 5. The van der Waals surface area contributed by atoms with Gasteiger partial charge in [0, 0.05) is 56.7 Å². The summed E-state index contributed by atoms with van der Waals surface area (Å²) in [6.07, 6.45) is 0.812. The van der Waals surface area contributed by atoms with Crippen LogP contribution in [-0.4, -0.2) is 69.9 Å². The molecule has 8 heteroatoms. The number of piperazine rings is 1. The zero-order valence-corrected chi connectivity index (χ0v) is 25.1. The van der Waals surface area contributed by atoms with Gasteiger partial charge in [0.25, 0.3) is 11.7 Å². The maximum atomic E-state index is 13.6. The number of rotatable bonds is 7. The van der Waals surface area contributed by atoms with Gasteiger partial charge in [-0.25, -0.2) is 4.68 Å². The van der Waals surface area contributed by atoms with Crippen LogP contribution in [0.25, 0.3) is 16.5 Å². The molecule has 5 rings (SSSR count). The largest absolute Gasteiger partial charge is 0.340 e. The molecule has 2 heterocycles. The molecular weight excluding hydrogens is 526 g/mol. The van der Waals surface area contributed by atoms with Crippen molar-refractivity contribution >= 4 is 34.2 Å². The SMILES string of the molecule is CC(=O)N1CCN(CCc2ccc(C(=O)C(=O)Nc3cc(C(C)(C)C)nn3-c3ccc(C)cc3)c3ccccc23)CC1. The predicted octanol–water partition coefficient (Wildman–Crippen LogP) is 5.16. The van der Waals surface area contributed by atoms with Crippen LogP contribution in [0.15, 0.2) is 66.7 Å². The van der Waals surface area contributed by atoms with Gasteiger partial charge in [0.15, 0.2) is 0 Å². The Labute approximate surface area is 247 Å². The minimum absolute atomic E-state index is 0.124. The molecule has 218 valence electrons. The summed E-state index contributed by atoms with van der Waals surface area (Å²) in [5, 5.41) is 9.35. The molecule has 4 aromatic rings. The van der Waals surface area contributed by atoms with E-state index in [9.17, 15) is 14.4 Å². The van der Waals surface area contributed by atoms with Gasteiger partial charge in [-0.3, -0.25) is 19.3 Å². The van der Waals surface area contributed by atoms with Gasteiger partial charge in [0.1, 0.15) is 5.82 Å². The van der Waals surface area contributed by atoms with Gasteiger partial charge in [0.2, 0.25) is 5.91 Å². The fourth-order valence-corrected chi connectivity index (χ4v) is 5.36. The molecule has 0 bridgehead atoms. The molecule has 1 aromatic heterocycles. The molecule has 1 saturated heterocycles. The van der Waals surface area contributed by atoms with Crippen molar-refractivity contribution in [3.63, 3.8) is 0 Å². The van der Waals surface area contributed by atoms with Crippen LogP contribution < -0.4 is 5.32 Å². The van der Waals surface area contributed by atoms with Crippen molar-refractivity contribution in [1.29, 1.82) is 0 Å². The first-order valence-electron chi connectivity index (χ1n) is 14.5. The smallest absolute Gasteiger partial charge is 0.297 e. The molecule has 1 aliphatic rings. The normalized spacial score (nSPS) is 14.3. The van der Waals surface area contributed by atoms with E-state index in [0.717, 1.165) is 72.4 Å². The van der Waals surface area contributed by atoms with Crippen molar-refractivity contribution < 1.29 is 14.4 Å². The van der Waals surface area contributed by atoms with Crippen LogP contribution >= 0.6 is 0 Å². The summed E-state index contributed by atoms with van der Waals surface area (Å²) in [6.45, 7) is 13.9. The minimum atomic E-state index is -0.704. The third-order valence-corrected chi connectivity index (χ3v) is 7.98. The van der Waals surface area contributed by atoms with Gasteiger partial charge >= 0.3 is 0 Å². The number of carbonyl (C=O) groups is 3. The summed E-state index contributed by atoms with van der Waals surface area (Å²) in [7, 11) is 0. The second-order valence-corrected chi connectivity index (χ2v) is 12.1. The molecule has 8 nitrogen and oxygen atoms in total. The Morgan fingerprint density at radius 2 is 1.55 bits per heavy atom. The van der Waals surface area contributed by atoms with Crippen LogP contribution in [-0.2, 0) is 21.4 Å². The van der Waals surface area contributed by atoms with E-state index < -0.39 is 11.7 Å². The molecule has 0 saturated carbocycles. The van der Waals surface area contributed by atoms with Crippen LogP contribution in [0, 0.1) is 6.92 Å². The summed E-state index contributed by atoms with van der Waals surface area (Å²) in [5.74, 6) is -0.718. The van der Waals surface area contributed by atoms with Crippen molar-refractivity contribution in [1.82, 2.24) is 19.6 Å². The lowest BCUT2D eigenvalue weighted by Gasteiger charge is -2.34. The molecule has 3 aromatic carbocycles. The third-order valence-electron chi connectivity index (χ3n) is 7.98. The van der Waals surface area contributed by atoms with Crippen LogP contribution in [0.2, 0.25) is 0 Å². The average Bonchev–Trinajstić information content (AvgIpc) is 3.40. The first-order chi connectivity index (χ1) is 20.0. The zero-order valence-electron chi connectivity index (χ0n) is 25.1. The molecule has 0 spiro atoms. The van der Waals surface area contributed by atoms with E-state index >= 15 is 0 Å². The van der Waals surface area contributed by atoms with Gasteiger partial charge in [0.05, 0.1) is 11.4 Å². The van der Waals surface area contributed by atoms with Crippen molar-refractivity contribution in [2.75, 3.05) is 38.0 Å². The van der Waals surface area contributed by atoms with E-state index in [4.69, 9.17) is 5.10 Å². The molecule has 0 radical (unpaired) electrons. The van der Waals surface area contributed by atoms with Crippen LogP contribution in [0.4, 0.5) is 5.82 Å². The van der Waals surface area contributed by atoms with Gasteiger partial charge < -0.3 is 10.2 Å². The lowest BCUT2D eigenvalue weighted by atomic mass is 9.92. The highest BCUT2D eigenvalue weighted by Crippen LogP contribution is 2.28. The van der Waals surface area contributed by atoms with Gasteiger partial charge in [-0.1, -0.05) is 68.8 Å². The van der Waals surface area contributed by atoms with Crippen LogP contribution in [0.3, 0.4) is 0 Å². The molecule has 0 unspecified atom stereocenters. The number of hydrogen-bond donors (Lipinski definition) is 1. The highest BCUT2D eigenvalue weighted by molar-refractivity contribution is 6.48. The van der Waals surface area contributed by atoms with Gasteiger partial charge in [-0.2, -0.15) is 5.10 Å². The number of amides is 2. The number of benzene rings is 3. The molecule has 1 N–H and O–H groups in total. The monoisotopic (exact) mass is 565 g/mol. The van der Waals surface area contributed by atoms with Crippen molar-refractivity contribution in [2.24, 2.45) is 0 Å². The van der Waals surface area contributed by atoms with E-state index in [2.05, 4.69) is 31.0 Å². The quantitative estimate of drug-likeness (QED) is 0.247. The maximum absolute atomic E-state index is 13.6. The maximum Gasteiger partial charge on any atom is 0.297 e. The number of aryl methyl sites for hydroxylation is 1. The Kier molecular flexibility index (Phi) is 8.27. The molecule has 42 heavy (non-hydrogen) atoms. The predicted molar refractivity (Wildman–Crippen MR) is 166 cm³/mol. The van der Waals surface area contributed by atoms with Gasteiger partial charge in [-0.05, 0) is 47.9 Å². The number of Topliss-reactive ketones (excluding diaryl/α,β-unsaturated/α-hetero) is 1. The summed E-state index contributed by atoms with van der Waals surface area (Å²) in [6, 6.07) is 21.2.